The van der Waals surface area contributed by atoms with E-state index in [0.717, 1.165) is 6.42 Å². The topological polar surface area (TPSA) is 15.8 Å². The zero-order valence-corrected chi connectivity index (χ0v) is 9.96. The molecule has 17 heavy (non-hydrogen) atoms. The number of aromatic nitrogens is 1. The molecule has 0 aliphatic carbocycles. The number of nitrogens with one attached hydrogen (secondary N) is 1. The molecule has 1 heteroatoms. The fourth-order valence-electron chi connectivity index (χ4n) is 2.43. The number of rotatable bonds is 2. The molecule has 0 bridgehead atoms. The summed E-state index contributed by atoms with van der Waals surface area (Å²) < 4.78 is 0. The highest BCUT2D eigenvalue weighted by Gasteiger charge is 2.06. The number of allylic oxidation sites excluding steroid dienone is 1. The fourth-order valence-corrected chi connectivity index (χ4v) is 2.43. The van der Waals surface area contributed by atoms with E-state index in [1.807, 2.05) is 6.08 Å². The van der Waals surface area contributed by atoms with Crippen LogP contribution < -0.4 is 0 Å². The second-order valence-corrected chi connectivity index (χ2v) is 4.49. The lowest BCUT2D eigenvalue weighted by atomic mass is 10.0. The van der Waals surface area contributed by atoms with E-state index in [2.05, 4.69) is 54.9 Å². The summed E-state index contributed by atoms with van der Waals surface area (Å²) in [4.78, 5) is 3.46. The Morgan fingerprint density at radius 3 is 2.76 bits per heavy atom. The van der Waals surface area contributed by atoms with Gasteiger partial charge in [-0.25, -0.2) is 0 Å². The minimum atomic E-state index is 0.932. The number of hydrogen-bond acceptors (Lipinski definition) is 0. The summed E-state index contributed by atoms with van der Waals surface area (Å²) in [5, 5.41) is 2.61. The normalized spacial score (nSPS) is 11.1. The van der Waals surface area contributed by atoms with Gasteiger partial charge in [-0.3, -0.25) is 0 Å². The number of fused-ring (bicyclic) bond motifs is 3. The van der Waals surface area contributed by atoms with Crippen LogP contribution in [0.1, 0.15) is 11.1 Å². The van der Waals surface area contributed by atoms with Gasteiger partial charge in [-0.1, -0.05) is 24.3 Å². The SMILES string of the molecule is C=CCc1cc2c(cc1C)[nH]c1ccccc12. The lowest BCUT2D eigenvalue weighted by molar-refractivity contribution is 1.23. The highest BCUT2D eigenvalue weighted by Crippen LogP contribution is 2.27. The molecule has 1 heterocycles. The van der Waals surface area contributed by atoms with Crippen molar-refractivity contribution in [1.82, 2.24) is 4.98 Å². The van der Waals surface area contributed by atoms with Crippen molar-refractivity contribution in [3.8, 4) is 0 Å². The Labute approximate surface area is 101 Å². The Morgan fingerprint density at radius 1 is 1.12 bits per heavy atom. The average molecular weight is 221 g/mol. The van der Waals surface area contributed by atoms with Gasteiger partial charge in [0.2, 0.25) is 0 Å². The molecule has 3 aromatic rings. The molecular weight excluding hydrogens is 206 g/mol. The number of aromatic amines is 1. The zero-order chi connectivity index (χ0) is 11.8. The molecule has 1 nitrogen and oxygen atoms in total. The van der Waals surface area contributed by atoms with E-state index >= 15 is 0 Å². The Bertz CT molecular complexity index is 704. The molecule has 0 unspecified atom stereocenters. The molecule has 0 aliphatic rings. The van der Waals surface area contributed by atoms with Gasteiger partial charge in [-0.05, 0) is 42.7 Å². The van der Waals surface area contributed by atoms with E-state index in [4.69, 9.17) is 0 Å². The molecule has 0 saturated carbocycles. The quantitative estimate of drug-likeness (QED) is 0.619. The van der Waals surface area contributed by atoms with Gasteiger partial charge >= 0.3 is 0 Å². The van der Waals surface area contributed by atoms with E-state index in [1.165, 1.54) is 32.9 Å². The van der Waals surface area contributed by atoms with Crippen molar-refractivity contribution in [2.75, 3.05) is 0 Å². The third-order valence-electron chi connectivity index (χ3n) is 3.33. The van der Waals surface area contributed by atoms with Crippen molar-refractivity contribution in [3.63, 3.8) is 0 Å². The lowest BCUT2D eigenvalue weighted by Gasteiger charge is -2.03. The lowest BCUT2D eigenvalue weighted by Crippen LogP contribution is -1.86. The average Bonchev–Trinajstić information content (AvgIpc) is 2.67. The van der Waals surface area contributed by atoms with E-state index < -0.39 is 0 Å². The van der Waals surface area contributed by atoms with E-state index in [-0.39, 0.29) is 0 Å². The van der Waals surface area contributed by atoms with Crippen LogP contribution in [0.4, 0.5) is 0 Å². The highest BCUT2D eigenvalue weighted by molar-refractivity contribution is 6.07. The number of para-hydroxylation sites is 1. The molecule has 0 aliphatic heterocycles. The zero-order valence-electron chi connectivity index (χ0n) is 9.96. The van der Waals surface area contributed by atoms with E-state index in [0.29, 0.717) is 0 Å². The van der Waals surface area contributed by atoms with Crippen LogP contribution in [0.5, 0.6) is 0 Å². The molecule has 1 N–H and O–H groups in total. The predicted molar refractivity (Wildman–Crippen MR) is 74.4 cm³/mol. The molecule has 0 fully saturated rings. The van der Waals surface area contributed by atoms with Crippen LogP contribution >= 0.6 is 0 Å². The molecule has 0 spiro atoms. The molecule has 0 saturated heterocycles. The standard InChI is InChI=1S/C16H15N/c1-3-6-12-10-14-13-7-4-5-8-15(13)17-16(14)9-11(12)2/h3-5,7-10,17H,1,6H2,2H3. The largest absolute Gasteiger partial charge is 0.355 e. The van der Waals surface area contributed by atoms with Crippen molar-refractivity contribution < 1.29 is 0 Å². The third kappa shape index (κ3) is 1.55. The third-order valence-corrected chi connectivity index (χ3v) is 3.33. The molecular formula is C16H15N. The van der Waals surface area contributed by atoms with Crippen LogP contribution in [0, 0.1) is 6.92 Å². The summed E-state index contributed by atoms with van der Waals surface area (Å²) in [6.45, 7) is 5.98. The molecule has 2 aromatic carbocycles. The van der Waals surface area contributed by atoms with Gasteiger partial charge in [-0.2, -0.15) is 0 Å². The summed E-state index contributed by atoms with van der Waals surface area (Å²) >= 11 is 0. The van der Waals surface area contributed by atoms with Gasteiger partial charge in [0.05, 0.1) is 0 Å². The van der Waals surface area contributed by atoms with Crippen LogP contribution in [0.3, 0.4) is 0 Å². The van der Waals surface area contributed by atoms with Crippen molar-refractivity contribution >= 4 is 21.8 Å². The maximum absolute atomic E-state index is 3.82. The Morgan fingerprint density at radius 2 is 1.94 bits per heavy atom. The summed E-state index contributed by atoms with van der Waals surface area (Å²) in [6, 6.07) is 13.0. The Balaban J connectivity index is 2.39. The predicted octanol–water partition coefficient (Wildman–Crippen LogP) is 4.36. The summed E-state index contributed by atoms with van der Waals surface area (Å²) in [7, 11) is 0. The van der Waals surface area contributed by atoms with Crippen molar-refractivity contribution in [2.24, 2.45) is 0 Å². The van der Waals surface area contributed by atoms with Crippen LogP contribution in [-0.4, -0.2) is 4.98 Å². The second kappa shape index (κ2) is 3.77. The van der Waals surface area contributed by atoms with Gasteiger partial charge in [0, 0.05) is 21.8 Å². The maximum Gasteiger partial charge on any atom is 0.0467 e. The van der Waals surface area contributed by atoms with Crippen molar-refractivity contribution in [2.45, 2.75) is 13.3 Å². The van der Waals surface area contributed by atoms with Crippen molar-refractivity contribution in [1.29, 1.82) is 0 Å². The summed E-state index contributed by atoms with van der Waals surface area (Å²) in [6.07, 6.45) is 2.89. The molecule has 0 atom stereocenters. The molecule has 3 rings (SSSR count). The number of aryl methyl sites for hydroxylation is 1. The minimum Gasteiger partial charge on any atom is -0.355 e. The highest BCUT2D eigenvalue weighted by atomic mass is 14.7. The first-order valence-corrected chi connectivity index (χ1v) is 5.90. The monoisotopic (exact) mass is 221 g/mol. The van der Waals surface area contributed by atoms with E-state index in [9.17, 15) is 0 Å². The summed E-state index contributed by atoms with van der Waals surface area (Å²) in [5.74, 6) is 0. The first kappa shape index (κ1) is 10.2. The first-order valence-electron chi connectivity index (χ1n) is 5.90. The molecule has 0 radical (unpaired) electrons. The van der Waals surface area contributed by atoms with Crippen LogP contribution in [0.15, 0.2) is 49.1 Å². The fraction of sp³-hybridized carbons (Fsp3) is 0.125. The number of benzene rings is 2. The van der Waals surface area contributed by atoms with Crippen LogP contribution in [0.2, 0.25) is 0 Å². The molecule has 0 amide bonds. The molecule has 84 valence electrons. The first-order chi connectivity index (χ1) is 8.29. The van der Waals surface area contributed by atoms with E-state index in [1.54, 1.807) is 0 Å². The van der Waals surface area contributed by atoms with Gasteiger partial charge in [0.15, 0.2) is 0 Å². The number of H-pyrrole nitrogens is 1. The number of hydrogen-bond donors (Lipinski definition) is 1. The Kier molecular flexibility index (Phi) is 2.25. The van der Waals surface area contributed by atoms with Crippen LogP contribution in [-0.2, 0) is 6.42 Å². The van der Waals surface area contributed by atoms with Gasteiger partial charge in [0.25, 0.3) is 0 Å². The second-order valence-electron chi connectivity index (χ2n) is 4.49. The van der Waals surface area contributed by atoms with Gasteiger partial charge in [0.1, 0.15) is 0 Å². The van der Waals surface area contributed by atoms with Gasteiger partial charge in [-0.15, -0.1) is 6.58 Å². The Hall–Kier alpha value is -2.02. The van der Waals surface area contributed by atoms with Gasteiger partial charge < -0.3 is 4.98 Å². The van der Waals surface area contributed by atoms with Crippen molar-refractivity contribution in [3.05, 3.63) is 60.2 Å². The molecule has 1 aromatic heterocycles. The maximum atomic E-state index is 3.82. The van der Waals surface area contributed by atoms with Crippen LogP contribution in [0.25, 0.3) is 21.8 Å². The minimum absolute atomic E-state index is 0.932. The smallest absolute Gasteiger partial charge is 0.0467 e. The summed E-state index contributed by atoms with van der Waals surface area (Å²) in [5.41, 5.74) is 5.11.